The molecule has 0 aromatic heterocycles. The first-order chi connectivity index (χ1) is 6.64. The molecular weight excluding hydrogens is 204 g/mol. The molecule has 84 valence electrons. The summed E-state index contributed by atoms with van der Waals surface area (Å²) in [6.07, 6.45) is 2.47. The minimum Gasteiger partial charge on any atom is -0.301 e. The van der Waals surface area contributed by atoms with E-state index in [4.69, 9.17) is 4.84 Å². The van der Waals surface area contributed by atoms with Crippen molar-refractivity contribution in [1.82, 2.24) is 9.79 Å². The highest BCUT2D eigenvalue weighted by atomic mass is 32.2. The summed E-state index contributed by atoms with van der Waals surface area (Å²) in [4.78, 5) is 9.21. The third-order valence-electron chi connectivity index (χ3n) is 2.27. The monoisotopic (exact) mass is 222 g/mol. The molecule has 1 heterocycles. The van der Waals surface area contributed by atoms with E-state index in [1.165, 1.54) is 12.8 Å². The van der Waals surface area contributed by atoms with Crippen LogP contribution in [0, 0.1) is 0 Å². The van der Waals surface area contributed by atoms with Crippen molar-refractivity contribution in [2.45, 2.75) is 19.8 Å². The van der Waals surface area contributed by atoms with Gasteiger partial charge in [-0.25, -0.2) is 8.42 Å². The fourth-order valence-corrected chi connectivity index (χ4v) is 1.75. The molecule has 0 aromatic carbocycles. The minimum atomic E-state index is -3.21. The van der Waals surface area contributed by atoms with Gasteiger partial charge < -0.3 is 4.90 Å². The van der Waals surface area contributed by atoms with Crippen LogP contribution in [0.4, 0.5) is 0 Å². The third-order valence-corrected chi connectivity index (χ3v) is 3.41. The summed E-state index contributed by atoms with van der Waals surface area (Å²) in [5.41, 5.74) is 0. The summed E-state index contributed by atoms with van der Waals surface area (Å²) in [6, 6.07) is 0. The van der Waals surface area contributed by atoms with Crippen molar-refractivity contribution < 1.29 is 13.3 Å². The lowest BCUT2D eigenvalue weighted by molar-refractivity contribution is 0.0757. The van der Waals surface area contributed by atoms with E-state index in [2.05, 4.69) is 9.79 Å². The van der Waals surface area contributed by atoms with Crippen molar-refractivity contribution >= 4 is 10.0 Å². The lowest BCUT2D eigenvalue weighted by Gasteiger charge is -2.13. The Morgan fingerprint density at radius 2 is 2.00 bits per heavy atom. The molecule has 0 unspecified atom stereocenters. The van der Waals surface area contributed by atoms with Gasteiger partial charge >= 0.3 is 0 Å². The Labute approximate surface area is 85.4 Å². The molecule has 1 aliphatic heterocycles. The predicted molar refractivity (Wildman–Crippen MR) is 54.2 cm³/mol. The highest BCUT2D eigenvalue weighted by molar-refractivity contribution is 7.89. The van der Waals surface area contributed by atoms with E-state index in [-0.39, 0.29) is 5.75 Å². The smallest absolute Gasteiger partial charge is 0.233 e. The number of rotatable bonds is 6. The third kappa shape index (κ3) is 4.36. The summed E-state index contributed by atoms with van der Waals surface area (Å²) in [7, 11) is -3.21. The Balaban J connectivity index is 2.04. The van der Waals surface area contributed by atoms with Gasteiger partial charge in [0.1, 0.15) is 0 Å². The largest absolute Gasteiger partial charge is 0.301 e. The van der Waals surface area contributed by atoms with Crippen molar-refractivity contribution in [1.29, 1.82) is 0 Å². The number of likely N-dealkylation sites (tertiary alicyclic amines) is 1. The first-order valence-corrected chi connectivity index (χ1v) is 6.63. The van der Waals surface area contributed by atoms with E-state index >= 15 is 0 Å². The predicted octanol–water partition coefficient (Wildman–Crippen LogP) is -0.0469. The SMILES string of the molecule is CCS(=O)(=O)NOCCN1CCCC1. The zero-order valence-electron chi connectivity index (χ0n) is 8.53. The molecule has 5 nitrogen and oxygen atoms in total. The molecule has 1 N–H and O–H groups in total. The number of sulfonamides is 1. The van der Waals surface area contributed by atoms with Crippen LogP contribution < -0.4 is 4.89 Å². The van der Waals surface area contributed by atoms with Crippen molar-refractivity contribution in [2.24, 2.45) is 0 Å². The van der Waals surface area contributed by atoms with Gasteiger partial charge in [0.2, 0.25) is 10.0 Å². The molecule has 0 atom stereocenters. The fourth-order valence-electron chi connectivity index (χ4n) is 1.37. The second-order valence-electron chi connectivity index (χ2n) is 3.38. The summed E-state index contributed by atoms with van der Waals surface area (Å²) in [6.45, 7) is 4.99. The van der Waals surface area contributed by atoms with Gasteiger partial charge in [0, 0.05) is 6.54 Å². The van der Waals surface area contributed by atoms with E-state index < -0.39 is 10.0 Å². The lowest BCUT2D eigenvalue weighted by atomic mass is 10.4. The van der Waals surface area contributed by atoms with Gasteiger partial charge in [-0.05, 0) is 32.9 Å². The molecule has 1 saturated heterocycles. The summed E-state index contributed by atoms with van der Waals surface area (Å²) < 4.78 is 21.9. The van der Waals surface area contributed by atoms with Gasteiger partial charge in [-0.15, -0.1) is 0 Å². The van der Waals surface area contributed by atoms with Crippen LogP contribution in [-0.4, -0.2) is 45.3 Å². The zero-order chi connectivity index (χ0) is 10.4. The highest BCUT2D eigenvalue weighted by Gasteiger charge is 2.11. The Morgan fingerprint density at radius 3 is 2.57 bits per heavy atom. The average molecular weight is 222 g/mol. The molecule has 0 saturated carbocycles. The van der Waals surface area contributed by atoms with Gasteiger partial charge in [-0.1, -0.05) is 4.89 Å². The second-order valence-corrected chi connectivity index (χ2v) is 5.36. The second kappa shape index (κ2) is 5.65. The molecule has 6 heteroatoms. The summed E-state index contributed by atoms with van der Waals surface area (Å²) >= 11 is 0. The molecule has 0 amide bonds. The van der Waals surface area contributed by atoms with Gasteiger partial charge in [-0.2, -0.15) is 0 Å². The molecule has 0 spiro atoms. The van der Waals surface area contributed by atoms with Crippen LogP contribution in [-0.2, 0) is 14.9 Å². The summed E-state index contributed by atoms with van der Waals surface area (Å²) in [5, 5.41) is 0. The number of hydrogen-bond acceptors (Lipinski definition) is 4. The fraction of sp³-hybridized carbons (Fsp3) is 1.00. The standard InChI is InChI=1S/C8H18N2O3S/c1-2-14(11,12)9-13-8-7-10-5-3-4-6-10/h9H,2-8H2,1H3. The number of hydrogen-bond donors (Lipinski definition) is 1. The quantitative estimate of drug-likeness (QED) is 0.506. The van der Waals surface area contributed by atoms with Crippen LogP contribution in [0.3, 0.4) is 0 Å². The molecule has 0 bridgehead atoms. The van der Waals surface area contributed by atoms with E-state index in [1.807, 2.05) is 0 Å². The average Bonchev–Trinajstić information content (AvgIpc) is 2.65. The maximum Gasteiger partial charge on any atom is 0.233 e. The maximum absolute atomic E-state index is 10.9. The Bertz CT molecular complexity index is 247. The van der Waals surface area contributed by atoms with Crippen LogP contribution in [0.25, 0.3) is 0 Å². The highest BCUT2D eigenvalue weighted by Crippen LogP contribution is 2.05. The first-order valence-electron chi connectivity index (χ1n) is 4.97. The van der Waals surface area contributed by atoms with Gasteiger partial charge in [0.05, 0.1) is 12.4 Å². The van der Waals surface area contributed by atoms with Crippen LogP contribution in [0.2, 0.25) is 0 Å². The minimum absolute atomic E-state index is 0.0523. The summed E-state index contributed by atoms with van der Waals surface area (Å²) in [5.74, 6) is 0.0523. The molecule has 1 aliphatic rings. The Kier molecular flexibility index (Phi) is 4.80. The normalized spacial score (nSPS) is 18.9. The number of nitrogens with one attached hydrogen (secondary N) is 1. The molecular formula is C8H18N2O3S. The molecule has 0 aromatic rings. The molecule has 0 radical (unpaired) electrons. The van der Waals surface area contributed by atoms with Crippen molar-refractivity contribution in [3.63, 3.8) is 0 Å². The van der Waals surface area contributed by atoms with E-state index in [0.717, 1.165) is 19.6 Å². The van der Waals surface area contributed by atoms with Crippen LogP contribution in [0.15, 0.2) is 0 Å². The van der Waals surface area contributed by atoms with Gasteiger partial charge in [0.15, 0.2) is 0 Å². The van der Waals surface area contributed by atoms with Crippen molar-refractivity contribution in [2.75, 3.05) is 32.0 Å². The molecule has 1 fully saturated rings. The van der Waals surface area contributed by atoms with E-state index in [1.54, 1.807) is 6.92 Å². The Morgan fingerprint density at radius 1 is 1.36 bits per heavy atom. The van der Waals surface area contributed by atoms with Crippen LogP contribution in [0.5, 0.6) is 0 Å². The molecule has 14 heavy (non-hydrogen) atoms. The van der Waals surface area contributed by atoms with Crippen molar-refractivity contribution in [3.8, 4) is 0 Å². The first kappa shape index (κ1) is 11.9. The van der Waals surface area contributed by atoms with Crippen LogP contribution in [0.1, 0.15) is 19.8 Å². The Hall–Kier alpha value is -0.170. The van der Waals surface area contributed by atoms with E-state index in [9.17, 15) is 8.42 Å². The zero-order valence-corrected chi connectivity index (χ0v) is 9.35. The topological polar surface area (TPSA) is 58.6 Å². The number of nitrogens with zero attached hydrogens (tertiary/aromatic N) is 1. The van der Waals surface area contributed by atoms with Gasteiger partial charge in [0.25, 0.3) is 0 Å². The van der Waals surface area contributed by atoms with E-state index in [0.29, 0.717) is 6.61 Å². The molecule has 0 aliphatic carbocycles. The van der Waals surface area contributed by atoms with Crippen LogP contribution >= 0.6 is 0 Å². The van der Waals surface area contributed by atoms with Gasteiger partial charge in [-0.3, -0.25) is 4.84 Å². The maximum atomic E-state index is 10.9. The van der Waals surface area contributed by atoms with Crippen molar-refractivity contribution in [3.05, 3.63) is 0 Å². The lowest BCUT2D eigenvalue weighted by Crippen LogP contribution is -2.30. The molecule has 1 rings (SSSR count).